The van der Waals surface area contributed by atoms with E-state index in [9.17, 15) is 19.5 Å². The summed E-state index contributed by atoms with van der Waals surface area (Å²) in [6, 6.07) is 16.6. The smallest absolute Gasteiger partial charge is 0.241 e. The lowest BCUT2D eigenvalue weighted by Gasteiger charge is -2.31. The van der Waals surface area contributed by atoms with Crippen LogP contribution in [0.25, 0.3) is 0 Å². The minimum absolute atomic E-state index is 0.0421. The Labute approximate surface area is 200 Å². The highest BCUT2D eigenvalue weighted by molar-refractivity contribution is 6.11. The van der Waals surface area contributed by atoms with Gasteiger partial charge in [-0.25, -0.2) is 0 Å². The molecular weight excluding hydrogens is 432 g/mol. The van der Waals surface area contributed by atoms with E-state index in [0.717, 1.165) is 31.2 Å². The van der Waals surface area contributed by atoms with Crippen molar-refractivity contribution < 1.29 is 24.2 Å². The summed E-state index contributed by atoms with van der Waals surface area (Å²) < 4.78 is 5.38. The van der Waals surface area contributed by atoms with Crippen molar-refractivity contribution in [2.24, 2.45) is 0 Å². The van der Waals surface area contributed by atoms with Crippen LogP contribution >= 0.6 is 0 Å². The summed E-state index contributed by atoms with van der Waals surface area (Å²) in [5.41, 5.74) is 0.263. The number of hydrogen-bond donors (Lipinski definition) is 1. The number of amides is 3. The summed E-state index contributed by atoms with van der Waals surface area (Å²) in [5, 5.41) is 9.61. The fraction of sp³-hybridized carbons (Fsp3) is 0.444. The third-order valence-corrected chi connectivity index (χ3v) is 7.05. The Bertz CT molecular complexity index is 1030. The fourth-order valence-corrected chi connectivity index (χ4v) is 5.27. The number of benzene rings is 2. The van der Waals surface area contributed by atoms with E-state index >= 15 is 0 Å². The zero-order valence-electron chi connectivity index (χ0n) is 19.6. The number of carbonyl (C=O) groups excluding carboxylic acids is 3. The van der Waals surface area contributed by atoms with E-state index in [1.807, 2.05) is 30.3 Å². The van der Waals surface area contributed by atoms with Gasteiger partial charge >= 0.3 is 0 Å². The van der Waals surface area contributed by atoms with Gasteiger partial charge in [0.25, 0.3) is 0 Å². The molecule has 1 aliphatic heterocycles. The van der Waals surface area contributed by atoms with Crippen molar-refractivity contribution in [2.45, 2.75) is 56.5 Å². The number of aliphatic hydroxyl groups excluding tert-OH is 1. The van der Waals surface area contributed by atoms with E-state index in [0.29, 0.717) is 17.9 Å². The molecular formula is C27H32N2O5. The molecule has 0 radical (unpaired) electrons. The molecule has 1 aliphatic carbocycles. The molecule has 1 heterocycles. The van der Waals surface area contributed by atoms with Crippen LogP contribution in [-0.4, -0.2) is 58.9 Å². The highest BCUT2D eigenvalue weighted by Gasteiger charge is 2.56. The highest BCUT2D eigenvalue weighted by Crippen LogP contribution is 2.44. The molecule has 2 fully saturated rings. The Morgan fingerprint density at radius 1 is 1.12 bits per heavy atom. The maximum Gasteiger partial charge on any atom is 0.241 e. The van der Waals surface area contributed by atoms with Crippen LogP contribution in [0.4, 0.5) is 0 Å². The second kappa shape index (κ2) is 10.4. The third kappa shape index (κ3) is 4.71. The molecule has 4 rings (SSSR count). The third-order valence-electron chi connectivity index (χ3n) is 7.05. The van der Waals surface area contributed by atoms with E-state index in [-0.39, 0.29) is 49.8 Å². The number of carbonyl (C=O) groups is 3. The number of imide groups is 1. The summed E-state index contributed by atoms with van der Waals surface area (Å²) in [5.74, 6) is -0.213. The lowest BCUT2D eigenvalue weighted by Crippen LogP contribution is -2.46. The monoisotopic (exact) mass is 464 g/mol. The van der Waals surface area contributed by atoms with Crippen molar-refractivity contribution in [1.29, 1.82) is 0 Å². The molecule has 1 N–H and O–H groups in total. The fourth-order valence-electron chi connectivity index (χ4n) is 5.27. The van der Waals surface area contributed by atoms with E-state index in [1.165, 1.54) is 4.90 Å². The average Bonchev–Trinajstić information content (AvgIpc) is 3.46. The molecule has 0 spiro atoms. The molecule has 2 aromatic rings. The van der Waals surface area contributed by atoms with Crippen LogP contribution in [0, 0.1) is 0 Å². The van der Waals surface area contributed by atoms with Gasteiger partial charge in [0.1, 0.15) is 5.75 Å². The maximum atomic E-state index is 13.9. The first-order chi connectivity index (χ1) is 16.5. The summed E-state index contributed by atoms with van der Waals surface area (Å²) in [6.07, 6.45) is 3.43. The number of hydrogen-bond acceptors (Lipinski definition) is 5. The van der Waals surface area contributed by atoms with E-state index in [1.54, 1.807) is 36.3 Å². The van der Waals surface area contributed by atoms with Crippen LogP contribution < -0.4 is 4.74 Å². The number of rotatable bonds is 9. The summed E-state index contributed by atoms with van der Waals surface area (Å²) in [6.45, 7) is 0.283. The molecule has 1 saturated heterocycles. The van der Waals surface area contributed by atoms with E-state index in [2.05, 4.69) is 0 Å². The Morgan fingerprint density at radius 3 is 2.53 bits per heavy atom. The predicted molar refractivity (Wildman–Crippen MR) is 127 cm³/mol. The van der Waals surface area contributed by atoms with Gasteiger partial charge in [0.2, 0.25) is 17.7 Å². The second-order valence-electron chi connectivity index (χ2n) is 9.20. The molecule has 34 heavy (non-hydrogen) atoms. The molecule has 3 amide bonds. The molecule has 2 aromatic carbocycles. The van der Waals surface area contributed by atoms with Crippen molar-refractivity contribution in [3.63, 3.8) is 0 Å². The highest BCUT2D eigenvalue weighted by atomic mass is 16.5. The first-order valence-corrected chi connectivity index (χ1v) is 11.9. The van der Waals surface area contributed by atoms with Gasteiger partial charge in [-0.3, -0.25) is 19.3 Å². The second-order valence-corrected chi connectivity index (χ2v) is 9.20. The van der Waals surface area contributed by atoms with Crippen molar-refractivity contribution in [3.8, 4) is 5.75 Å². The van der Waals surface area contributed by atoms with E-state index < -0.39 is 5.41 Å². The molecule has 7 nitrogen and oxygen atoms in total. The molecule has 0 aromatic heterocycles. The van der Waals surface area contributed by atoms with Crippen LogP contribution in [0.1, 0.15) is 49.7 Å². The van der Waals surface area contributed by atoms with Crippen LogP contribution in [0.5, 0.6) is 5.75 Å². The van der Waals surface area contributed by atoms with Gasteiger partial charge in [-0.1, -0.05) is 55.3 Å². The Morgan fingerprint density at radius 2 is 1.85 bits per heavy atom. The standard InChI is InChI=1S/C27H32N2O5/c1-34-23-13-7-10-21(16-23)27(18-25(32)29(26(27)33)22-11-5-6-12-22)17-24(31)28(14-15-30)19-20-8-3-2-4-9-20/h2-4,7-10,13,16,22,30H,5-6,11-12,14-15,17-19H2,1H3/t27-/m0/s1. The van der Waals surface area contributed by atoms with Crippen molar-refractivity contribution in [1.82, 2.24) is 9.80 Å². The van der Waals surface area contributed by atoms with Gasteiger partial charge in [-0.15, -0.1) is 0 Å². The van der Waals surface area contributed by atoms with Crippen LogP contribution in [0.3, 0.4) is 0 Å². The minimum atomic E-state index is -1.28. The topological polar surface area (TPSA) is 87.2 Å². The Hall–Kier alpha value is -3.19. The summed E-state index contributed by atoms with van der Waals surface area (Å²) >= 11 is 0. The molecule has 7 heteroatoms. The van der Waals surface area contributed by atoms with E-state index in [4.69, 9.17) is 4.74 Å². The molecule has 1 atom stereocenters. The Kier molecular flexibility index (Phi) is 7.32. The van der Waals surface area contributed by atoms with Gasteiger partial charge in [0, 0.05) is 32.0 Å². The SMILES string of the molecule is COc1cccc([C@]2(CC(=O)N(CCO)Cc3ccccc3)CC(=O)N(C3CCCC3)C2=O)c1. The van der Waals surface area contributed by atoms with Crippen molar-refractivity contribution >= 4 is 17.7 Å². The van der Waals surface area contributed by atoms with Gasteiger partial charge in [0.15, 0.2) is 0 Å². The number of aliphatic hydroxyl groups is 1. The van der Waals surface area contributed by atoms with Crippen LogP contribution in [0.2, 0.25) is 0 Å². The number of likely N-dealkylation sites (tertiary alicyclic amines) is 1. The summed E-state index contributed by atoms with van der Waals surface area (Å²) in [7, 11) is 1.55. The quantitative estimate of drug-likeness (QED) is 0.577. The first-order valence-electron chi connectivity index (χ1n) is 11.9. The first kappa shape index (κ1) is 24.0. The lowest BCUT2D eigenvalue weighted by molar-refractivity contribution is -0.145. The average molecular weight is 465 g/mol. The van der Waals surface area contributed by atoms with Crippen molar-refractivity contribution in [3.05, 3.63) is 65.7 Å². The van der Waals surface area contributed by atoms with Crippen molar-refractivity contribution in [2.75, 3.05) is 20.3 Å². The Balaban J connectivity index is 1.68. The number of methoxy groups -OCH3 is 1. The zero-order valence-corrected chi connectivity index (χ0v) is 19.6. The van der Waals surface area contributed by atoms with Gasteiger partial charge in [-0.2, -0.15) is 0 Å². The van der Waals surface area contributed by atoms with Gasteiger partial charge in [-0.05, 0) is 36.1 Å². The maximum absolute atomic E-state index is 13.9. The normalized spacial score (nSPS) is 20.7. The van der Waals surface area contributed by atoms with Gasteiger partial charge < -0.3 is 14.7 Å². The largest absolute Gasteiger partial charge is 0.497 e. The molecule has 2 aliphatic rings. The minimum Gasteiger partial charge on any atom is -0.497 e. The molecule has 0 unspecified atom stereocenters. The number of ether oxygens (including phenoxy) is 1. The molecule has 180 valence electrons. The number of nitrogens with zero attached hydrogens (tertiary/aromatic N) is 2. The zero-order chi connectivity index (χ0) is 24.1. The van der Waals surface area contributed by atoms with Gasteiger partial charge in [0.05, 0.1) is 19.1 Å². The van der Waals surface area contributed by atoms with Crippen LogP contribution in [-0.2, 0) is 26.3 Å². The lowest BCUT2D eigenvalue weighted by atomic mass is 9.75. The summed E-state index contributed by atoms with van der Waals surface area (Å²) in [4.78, 5) is 43.7. The predicted octanol–water partition coefficient (Wildman–Crippen LogP) is 3.05. The molecule has 0 bridgehead atoms. The molecule has 1 saturated carbocycles. The van der Waals surface area contributed by atoms with Crippen LogP contribution in [0.15, 0.2) is 54.6 Å².